The van der Waals surface area contributed by atoms with Gasteiger partial charge in [-0.05, 0) is 44.2 Å². The Hall–Kier alpha value is -1.09. The van der Waals surface area contributed by atoms with E-state index >= 15 is 0 Å². The number of aryl methyl sites for hydroxylation is 1. The Kier molecular flexibility index (Phi) is 3.67. The highest BCUT2D eigenvalue weighted by molar-refractivity contribution is 5.30. The molecule has 1 heterocycles. The number of pyridine rings is 1. The van der Waals surface area contributed by atoms with Crippen LogP contribution in [0, 0.1) is 0 Å². The van der Waals surface area contributed by atoms with Crippen molar-refractivity contribution in [3.63, 3.8) is 0 Å². The molecule has 1 N–H and O–H groups in total. The lowest BCUT2D eigenvalue weighted by atomic mass is 10.1. The monoisotopic (exact) mass is 234 g/mol. The van der Waals surface area contributed by atoms with Crippen LogP contribution in [0.3, 0.4) is 0 Å². The van der Waals surface area contributed by atoms with Crippen LogP contribution in [0.5, 0.6) is 0 Å². The van der Waals surface area contributed by atoms with Gasteiger partial charge in [-0.2, -0.15) is 0 Å². The number of nitrogens with one attached hydrogen (secondary N) is 1. The first-order valence-corrected chi connectivity index (χ1v) is 6.57. The van der Waals surface area contributed by atoms with Crippen molar-refractivity contribution in [3.05, 3.63) is 33.2 Å². The molecule has 3 nitrogen and oxygen atoms in total. The van der Waals surface area contributed by atoms with Crippen molar-refractivity contribution in [2.24, 2.45) is 7.05 Å². The molecular formula is C14H22N2O. The Morgan fingerprint density at radius 1 is 1.47 bits per heavy atom. The van der Waals surface area contributed by atoms with Crippen molar-refractivity contribution >= 4 is 0 Å². The van der Waals surface area contributed by atoms with Crippen molar-refractivity contribution in [2.75, 3.05) is 0 Å². The van der Waals surface area contributed by atoms with E-state index in [0.29, 0.717) is 12.6 Å². The summed E-state index contributed by atoms with van der Waals surface area (Å²) in [5.41, 5.74) is 3.69. The molecule has 94 valence electrons. The summed E-state index contributed by atoms with van der Waals surface area (Å²) in [6, 6.07) is 2.58. The lowest BCUT2D eigenvalue weighted by Gasteiger charge is -2.13. The third-order valence-electron chi connectivity index (χ3n) is 3.82. The summed E-state index contributed by atoms with van der Waals surface area (Å²) < 4.78 is 1.84. The normalized spacial score (nSPS) is 15.9. The van der Waals surface area contributed by atoms with Gasteiger partial charge < -0.3 is 9.88 Å². The highest BCUT2D eigenvalue weighted by Crippen LogP contribution is 2.20. The maximum absolute atomic E-state index is 12.2. The fraction of sp³-hybridized carbons (Fsp3) is 0.643. The van der Waals surface area contributed by atoms with Crippen molar-refractivity contribution < 1.29 is 0 Å². The van der Waals surface area contributed by atoms with Crippen LogP contribution in [0.25, 0.3) is 0 Å². The third kappa shape index (κ3) is 2.44. The lowest BCUT2D eigenvalue weighted by molar-refractivity contribution is 0.530. The minimum Gasteiger partial charge on any atom is -0.315 e. The molecule has 1 aromatic rings. The second kappa shape index (κ2) is 5.05. The molecule has 1 atom stereocenters. The summed E-state index contributed by atoms with van der Waals surface area (Å²) in [6.45, 7) is 4.99. The molecule has 0 spiro atoms. The third-order valence-corrected chi connectivity index (χ3v) is 3.82. The molecule has 0 saturated heterocycles. The molecule has 0 aromatic carbocycles. The molecule has 1 aliphatic carbocycles. The van der Waals surface area contributed by atoms with Crippen LogP contribution in [0.4, 0.5) is 0 Å². The van der Waals surface area contributed by atoms with E-state index in [4.69, 9.17) is 0 Å². The van der Waals surface area contributed by atoms with Gasteiger partial charge in [0.15, 0.2) is 0 Å². The molecular weight excluding hydrogens is 212 g/mol. The van der Waals surface area contributed by atoms with E-state index < -0.39 is 0 Å². The highest BCUT2D eigenvalue weighted by atomic mass is 16.1. The second-order valence-corrected chi connectivity index (χ2v) is 5.05. The van der Waals surface area contributed by atoms with Gasteiger partial charge in [0.25, 0.3) is 5.56 Å². The van der Waals surface area contributed by atoms with Gasteiger partial charge in [0.1, 0.15) is 0 Å². The molecule has 0 saturated carbocycles. The van der Waals surface area contributed by atoms with Crippen molar-refractivity contribution in [2.45, 2.75) is 52.1 Å². The molecule has 3 heteroatoms. The smallest absolute Gasteiger partial charge is 0.255 e. The zero-order valence-corrected chi connectivity index (χ0v) is 11.0. The maximum atomic E-state index is 12.2. The summed E-state index contributed by atoms with van der Waals surface area (Å²) in [5, 5.41) is 3.39. The van der Waals surface area contributed by atoms with Crippen molar-refractivity contribution in [1.82, 2.24) is 9.88 Å². The van der Waals surface area contributed by atoms with Crippen LogP contribution in [0.2, 0.25) is 0 Å². The highest BCUT2D eigenvalue weighted by Gasteiger charge is 2.16. The Balaban J connectivity index is 2.24. The second-order valence-electron chi connectivity index (χ2n) is 5.05. The van der Waals surface area contributed by atoms with Gasteiger partial charge in [0.2, 0.25) is 0 Å². The van der Waals surface area contributed by atoms with Crippen molar-refractivity contribution in [3.8, 4) is 0 Å². The first-order valence-electron chi connectivity index (χ1n) is 6.57. The van der Waals surface area contributed by atoms with Gasteiger partial charge in [-0.3, -0.25) is 4.79 Å². The van der Waals surface area contributed by atoms with Crippen LogP contribution in [-0.4, -0.2) is 10.6 Å². The topological polar surface area (TPSA) is 34.0 Å². The molecule has 0 radical (unpaired) electrons. The molecule has 1 aliphatic rings. The zero-order valence-electron chi connectivity index (χ0n) is 11.0. The Morgan fingerprint density at radius 3 is 2.94 bits per heavy atom. The molecule has 17 heavy (non-hydrogen) atoms. The number of aromatic nitrogens is 1. The fourth-order valence-corrected chi connectivity index (χ4v) is 2.45. The molecule has 0 amide bonds. The Morgan fingerprint density at radius 2 is 2.24 bits per heavy atom. The first-order chi connectivity index (χ1) is 8.13. The quantitative estimate of drug-likeness (QED) is 0.861. The van der Waals surface area contributed by atoms with Gasteiger partial charge in [0, 0.05) is 30.9 Å². The molecule has 1 aromatic heterocycles. The average Bonchev–Trinajstić information content (AvgIpc) is 2.79. The maximum Gasteiger partial charge on any atom is 0.255 e. The van der Waals surface area contributed by atoms with E-state index in [0.717, 1.165) is 24.8 Å². The minimum absolute atomic E-state index is 0.168. The standard InChI is InChI=1S/C14H22N2O/c1-4-10(2)15-9-12-8-11-6-5-7-13(11)16(3)14(12)17/h8,10,15H,4-7,9H2,1-3H3. The first kappa shape index (κ1) is 12.4. The van der Waals surface area contributed by atoms with Crippen LogP contribution in [-0.2, 0) is 26.4 Å². The Labute approximate surface area is 103 Å². The summed E-state index contributed by atoms with van der Waals surface area (Å²) in [7, 11) is 1.90. The van der Waals surface area contributed by atoms with Gasteiger partial charge >= 0.3 is 0 Å². The lowest BCUT2D eigenvalue weighted by Crippen LogP contribution is -2.31. The molecule has 0 bridgehead atoms. The van der Waals surface area contributed by atoms with E-state index in [2.05, 4.69) is 25.2 Å². The van der Waals surface area contributed by atoms with Crippen molar-refractivity contribution in [1.29, 1.82) is 0 Å². The molecule has 2 rings (SSSR count). The van der Waals surface area contributed by atoms with Gasteiger partial charge in [-0.25, -0.2) is 0 Å². The number of rotatable bonds is 4. The molecule has 0 aliphatic heterocycles. The minimum atomic E-state index is 0.168. The van der Waals surface area contributed by atoms with Gasteiger partial charge in [-0.15, -0.1) is 0 Å². The predicted molar refractivity (Wildman–Crippen MR) is 70.3 cm³/mol. The summed E-state index contributed by atoms with van der Waals surface area (Å²) in [4.78, 5) is 12.2. The van der Waals surface area contributed by atoms with Crippen LogP contribution < -0.4 is 10.9 Å². The number of nitrogens with zero attached hydrogens (tertiary/aromatic N) is 1. The van der Waals surface area contributed by atoms with E-state index in [1.807, 2.05) is 11.6 Å². The van der Waals surface area contributed by atoms with E-state index in [9.17, 15) is 4.79 Å². The van der Waals surface area contributed by atoms with Crippen LogP contribution in [0.15, 0.2) is 10.9 Å². The van der Waals surface area contributed by atoms with E-state index in [1.165, 1.54) is 17.7 Å². The average molecular weight is 234 g/mol. The number of hydrogen-bond acceptors (Lipinski definition) is 2. The molecule has 1 unspecified atom stereocenters. The summed E-state index contributed by atoms with van der Waals surface area (Å²) in [6.07, 6.45) is 4.45. The number of fused-ring (bicyclic) bond motifs is 1. The summed E-state index contributed by atoms with van der Waals surface area (Å²) >= 11 is 0. The summed E-state index contributed by atoms with van der Waals surface area (Å²) in [5.74, 6) is 0. The largest absolute Gasteiger partial charge is 0.315 e. The zero-order chi connectivity index (χ0) is 12.4. The molecule has 0 fully saturated rings. The van der Waals surface area contributed by atoms with Crippen LogP contribution >= 0.6 is 0 Å². The van der Waals surface area contributed by atoms with E-state index in [-0.39, 0.29) is 5.56 Å². The van der Waals surface area contributed by atoms with Gasteiger partial charge in [0.05, 0.1) is 0 Å². The van der Waals surface area contributed by atoms with Gasteiger partial charge in [-0.1, -0.05) is 6.92 Å². The van der Waals surface area contributed by atoms with Crippen LogP contribution in [0.1, 0.15) is 43.5 Å². The SMILES string of the molecule is CCC(C)NCc1cc2c(n(C)c1=O)CCC2. The number of hydrogen-bond donors (Lipinski definition) is 1. The van der Waals surface area contributed by atoms with E-state index in [1.54, 1.807) is 0 Å². The predicted octanol–water partition coefficient (Wildman–Crippen LogP) is 1.76. The Bertz CT molecular complexity index is 462. The fourth-order valence-electron chi connectivity index (χ4n) is 2.45.